The van der Waals surface area contributed by atoms with Crippen molar-refractivity contribution in [1.29, 1.82) is 5.26 Å². The van der Waals surface area contributed by atoms with Crippen molar-refractivity contribution < 1.29 is 41.7 Å². The van der Waals surface area contributed by atoms with Gasteiger partial charge >= 0.3 is 0 Å². The number of aldehydes is 1. The highest BCUT2D eigenvalue weighted by Crippen LogP contribution is 2.48. The predicted octanol–water partition coefficient (Wildman–Crippen LogP) is 15.1. The van der Waals surface area contributed by atoms with Crippen molar-refractivity contribution in [2.45, 2.75) is 148 Å². The second-order valence-electron chi connectivity index (χ2n) is 25.8. The molecular formula is C73H96Cl2N6O9S2. The van der Waals surface area contributed by atoms with Crippen LogP contribution in [0.2, 0.25) is 10.0 Å². The van der Waals surface area contributed by atoms with Crippen LogP contribution in [0, 0.1) is 46.8 Å². The summed E-state index contributed by atoms with van der Waals surface area (Å²) in [5, 5.41) is 20.8. The molecule has 2 unspecified atom stereocenters. The monoisotopic (exact) mass is 1330 g/mol. The number of nitriles is 1. The van der Waals surface area contributed by atoms with E-state index < -0.39 is 31.6 Å². The van der Waals surface area contributed by atoms with Crippen molar-refractivity contribution >= 4 is 66.8 Å². The zero-order chi connectivity index (χ0) is 66.8. The molecule has 92 heavy (non-hydrogen) atoms. The van der Waals surface area contributed by atoms with E-state index in [0.717, 1.165) is 142 Å². The van der Waals surface area contributed by atoms with E-state index in [9.17, 15) is 22.8 Å². The number of nitrogens with two attached hydrogens (primary N) is 2. The number of anilines is 1. The molecule has 15 nitrogen and oxygen atoms in total. The Morgan fingerprint density at radius 3 is 1.72 bits per heavy atom. The molecule has 0 saturated heterocycles. The third kappa shape index (κ3) is 18.9. The van der Waals surface area contributed by atoms with Crippen LogP contribution in [0.1, 0.15) is 154 Å². The fourth-order valence-corrected chi connectivity index (χ4v) is 17.3. The zero-order valence-electron chi connectivity index (χ0n) is 54.8. The number of benzene rings is 4. The van der Waals surface area contributed by atoms with Crippen molar-refractivity contribution in [2.75, 3.05) is 56.9 Å². The molecule has 2 aliphatic heterocycles. The van der Waals surface area contributed by atoms with Gasteiger partial charge in [-0.15, -0.1) is 21.9 Å². The van der Waals surface area contributed by atoms with Crippen molar-refractivity contribution in [3.8, 4) is 17.6 Å². The molecule has 19 heteroatoms. The van der Waals surface area contributed by atoms with Crippen LogP contribution in [0.5, 0.6) is 11.5 Å². The molecule has 498 valence electrons. The molecule has 4 N–H and O–H groups in total. The largest absolute Gasteiger partial charge is 0.492 e. The highest BCUT2D eigenvalue weighted by Gasteiger charge is 2.45. The highest BCUT2D eigenvalue weighted by atomic mass is 35.5. The van der Waals surface area contributed by atoms with Gasteiger partial charge in [-0.25, -0.2) is 18.7 Å². The quantitative estimate of drug-likeness (QED) is 0.0663. The summed E-state index contributed by atoms with van der Waals surface area (Å²) in [6, 6.07) is 24.9. The molecule has 4 aromatic carbocycles. The molecule has 2 spiro atoms. The van der Waals surface area contributed by atoms with Gasteiger partial charge in [-0.2, -0.15) is 5.26 Å². The number of aryl methyl sites for hydroxylation is 3. The summed E-state index contributed by atoms with van der Waals surface area (Å²) in [6.45, 7) is 19.6. The summed E-state index contributed by atoms with van der Waals surface area (Å²) in [7, 11) is -2.88. The number of halogens is 2. The van der Waals surface area contributed by atoms with Gasteiger partial charge in [-0.3, -0.25) is 9.59 Å². The Morgan fingerprint density at radius 2 is 1.22 bits per heavy atom. The van der Waals surface area contributed by atoms with Crippen LogP contribution < -0.4 is 24.7 Å². The van der Waals surface area contributed by atoms with E-state index in [1.165, 1.54) is 29.2 Å². The average molecular weight is 1340 g/mol. The highest BCUT2D eigenvalue weighted by molar-refractivity contribution is 7.92. The van der Waals surface area contributed by atoms with Gasteiger partial charge in [0, 0.05) is 83.7 Å². The van der Waals surface area contributed by atoms with Gasteiger partial charge < -0.3 is 28.6 Å². The number of hydrogen-bond donors (Lipinski definition) is 2. The Bertz CT molecular complexity index is 3630. The Morgan fingerprint density at radius 1 is 0.717 bits per heavy atom. The van der Waals surface area contributed by atoms with Crippen LogP contribution >= 0.6 is 23.2 Å². The van der Waals surface area contributed by atoms with Crippen molar-refractivity contribution in [3.63, 3.8) is 0 Å². The molecule has 2 saturated carbocycles. The van der Waals surface area contributed by atoms with Crippen LogP contribution in [0.4, 0.5) is 5.69 Å². The van der Waals surface area contributed by atoms with E-state index in [-0.39, 0.29) is 52.3 Å². The number of allylic oxidation sites excluding steroid dienone is 4. The van der Waals surface area contributed by atoms with Crippen LogP contribution in [0.15, 0.2) is 131 Å². The molecule has 0 aromatic heterocycles. The van der Waals surface area contributed by atoms with Crippen LogP contribution in [0.3, 0.4) is 0 Å². The van der Waals surface area contributed by atoms with E-state index >= 15 is 0 Å². The van der Waals surface area contributed by atoms with E-state index in [0.29, 0.717) is 42.1 Å². The lowest BCUT2D eigenvalue weighted by Gasteiger charge is -2.46. The van der Waals surface area contributed by atoms with E-state index in [2.05, 4.69) is 51.0 Å². The van der Waals surface area contributed by atoms with Gasteiger partial charge in [0.05, 0.1) is 37.2 Å². The number of rotatable bonds is 19. The number of fused-ring (bicyclic) bond motifs is 6. The molecular weight excluding hydrogens is 1240 g/mol. The topological polar surface area (TPSA) is 226 Å². The average Bonchev–Trinajstić information content (AvgIpc) is 1.45. The van der Waals surface area contributed by atoms with Gasteiger partial charge in [0.15, 0.2) is 0 Å². The van der Waals surface area contributed by atoms with Crippen molar-refractivity contribution in [3.05, 3.63) is 171 Å². The Labute approximate surface area is 558 Å². The smallest absolute Gasteiger partial charge is 0.286 e. The minimum absolute atomic E-state index is 0.00239. The van der Waals surface area contributed by atoms with E-state index in [1.54, 1.807) is 38.5 Å². The maximum Gasteiger partial charge on any atom is 0.286 e. The van der Waals surface area contributed by atoms with Crippen molar-refractivity contribution in [1.82, 2.24) is 0 Å². The van der Waals surface area contributed by atoms with Crippen molar-refractivity contribution in [2.24, 2.45) is 54.5 Å². The lowest BCUT2D eigenvalue weighted by molar-refractivity contribution is -0.118. The maximum atomic E-state index is 13.4. The Balaban J connectivity index is 0.000000220. The Hall–Kier alpha value is -5.94. The van der Waals surface area contributed by atoms with Gasteiger partial charge in [-0.1, -0.05) is 85.6 Å². The fraction of sp³-hybridized carbons (Fsp3) is 0.507. The molecule has 4 aromatic rings. The Kier molecular flexibility index (Phi) is 27.1. The summed E-state index contributed by atoms with van der Waals surface area (Å²) >= 11 is 12.7. The summed E-state index contributed by atoms with van der Waals surface area (Å²) in [6.07, 6.45) is 26.4. The SMILES string of the molecule is C/C=C\C[C@H](C)CS(N)(=O)=NC(=O)c1ccc2c(c1)CC[C@@]1(CCCc3cc(Cl)ccc31)CO2.C=C[C@H](OC)[C@@H]1CC[C@H]1C=O.C=C[C@H](OC)[C@@H]1CC[C@H]1CN1C[C@@]2(CCCc3cc(Cl)ccc32)COc2ccc(C(=O)N=S(N)(=O)C[C@@H](C)C/C=C\C)cc21.CC#N. The normalized spacial score (nSPS) is 24.3. The summed E-state index contributed by atoms with van der Waals surface area (Å²) in [4.78, 5) is 39.1. The first-order valence-electron chi connectivity index (χ1n) is 32.3. The molecule has 10 rings (SSSR count). The summed E-state index contributed by atoms with van der Waals surface area (Å²) < 4.78 is 57.6. The molecule has 2 amide bonds. The number of nitrogens with zero attached hydrogens (tertiary/aromatic N) is 4. The van der Waals surface area contributed by atoms with Gasteiger partial charge in [0.1, 0.15) is 37.6 Å². The molecule has 0 radical (unpaired) electrons. The second-order valence-corrected chi connectivity index (χ2v) is 30.5. The van der Waals surface area contributed by atoms with Crippen LogP contribution in [0.25, 0.3) is 0 Å². The number of ether oxygens (including phenoxy) is 4. The first-order valence-corrected chi connectivity index (χ1v) is 36.6. The second kappa shape index (κ2) is 33.9. The first-order chi connectivity index (χ1) is 44.0. The van der Waals surface area contributed by atoms with Gasteiger partial charge in [-0.05, 0) is 222 Å². The maximum absolute atomic E-state index is 13.4. The number of carbonyl (C=O) groups is 3. The standard InChI is InChI=1S/C35H46ClN3O4S.C27H33ClN2O3S.C9H14O2.C2H3N/c1-5-7-9-24(3)21-44(37,41)38-34(40)26-12-16-33-31(19-26)39(20-27-11-14-29(27)32(6-2)42-4)22-35(23-43-33)17-8-10-25-18-28(36)13-15-30(25)35;1-3-4-6-19(2)17-34(29,32)30-26(31)22-8-11-25-21(15-22)12-14-27(18-33-25)13-5-7-20-16-23(28)9-10-24(20)27;1-3-9(11-2)8-5-4-7(8)6-10;1-2-3/h5-7,12-13,15-16,18-19,24,27,29,32H,2,8-11,14,17,20-23H2,1,3-4H3,(H2,37,38,40,41);3-4,8-11,15-16,19H,5-7,12-14,17-18H2,1-2H3,(H2,29,30,31,32);3,6-9H,1,4-5H2,2H3;1H3/b7-5-;4-3-;;/t24-,27-,29+,32-,35-,44?;19-,27-,34?;7-,8+,9-;/m000./s1. The van der Waals surface area contributed by atoms with Crippen LogP contribution in [-0.4, -0.2) is 90.8 Å². The number of hydrogen-bond acceptors (Lipinski definition) is 11. The minimum atomic E-state index is -3.18. The lowest BCUT2D eigenvalue weighted by Crippen LogP contribution is -2.49. The number of amides is 2. The molecule has 0 bridgehead atoms. The van der Waals surface area contributed by atoms with Crippen LogP contribution in [-0.2, 0) is 64.2 Å². The lowest BCUT2D eigenvalue weighted by atomic mass is 9.68. The third-order valence-corrected chi connectivity index (χ3v) is 22.6. The molecule has 4 aliphatic carbocycles. The molecule has 2 heterocycles. The van der Waals surface area contributed by atoms with E-state index in [1.807, 2.05) is 94.5 Å². The number of carbonyl (C=O) groups excluding carboxylic acids is 3. The van der Waals surface area contributed by atoms with Gasteiger partial charge in [0.25, 0.3) is 11.8 Å². The third-order valence-electron chi connectivity index (χ3n) is 19.1. The number of methoxy groups -OCH3 is 2. The predicted molar refractivity (Wildman–Crippen MR) is 373 cm³/mol. The van der Waals surface area contributed by atoms with E-state index in [4.69, 9.17) is 57.7 Å². The fourth-order valence-electron chi connectivity index (χ4n) is 14.1. The molecule has 6 aliphatic rings. The summed E-state index contributed by atoms with van der Waals surface area (Å²) in [5.41, 5.74) is 7.51. The zero-order valence-corrected chi connectivity index (χ0v) is 58.0. The summed E-state index contributed by atoms with van der Waals surface area (Å²) in [5.74, 6) is 2.26. The minimum Gasteiger partial charge on any atom is -0.492 e. The molecule has 12 atom stereocenters. The molecule has 2 fully saturated rings. The van der Waals surface area contributed by atoms with Gasteiger partial charge in [0.2, 0.25) is 0 Å². The first kappa shape index (κ1) is 73.5.